The Balaban J connectivity index is 2.34. The SMILES string of the molecule is CCCNCC(C)COc1ccc(Cl)cc1Cl. The summed E-state index contributed by atoms with van der Waals surface area (Å²) in [7, 11) is 0. The summed E-state index contributed by atoms with van der Waals surface area (Å²) in [6.07, 6.45) is 1.15. The second kappa shape index (κ2) is 7.80. The average Bonchev–Trinajstić information content (AvgIpc) is 2.28. The number of ether oxygens (including phenoxy) is 1. The minimum absolute atomic E-state index is 0.452. The number of rotatable bonds is 7. The van der Waals surface area contributed by atoms with Crippen LogP contribution >= 0.6 is 23.2 Å². The molecule has 1 rings (SSSR count). The van der Waals surface area contributed by atoms with E-state index in [1.54, 1.807) is 18.2 Å². The van der Waals surface area contributed by atoms with Gasteiger partial charge in [0.1, 0.15) is 5.75 Å². The fourth-order valence-corrected chi connectivity index (χ4v) is 1.87. The van der Waals surface area contributed by atoms with Crippen molar-refractivity contribution in [2.45, 2.75) is 20.3 Å². The third-order valence-corrected chi connectivity index (χ3v) is 2.87. The van der Waals surface area contributed by atoms with Gasteiger partial charge in [-0.1, -0.05) is 37.0 Å². The van der Waals surface area contributed by atoms with Gasteiger partial charge in [0.25, 0.3) is 0 Å². The van der Waals surface area contributed by atoms with Crippen LogP contribution in [0.5, 0.6) is 5.75 Å². The normalized spacial score (nSPS) is 12.5. The predicted octanol–water partition coefficient (Wildman–Crippen LogP) is 4.01. The summed E-state index contributed by atoms with van der Waals surface area (Å²) in [5.41, 5.74) is 0. The molecule has 0 aliphatic rings. The lowest BCUT2D eigenvalue weighted by Crippen LogP contribution is -2.25. The second-order valence-corrected chi connectivity index (χ2v) is 5.04. The highest BCUT2D eigenvalue weighted by Crippen LogP contribution is 2.27. The van der Waals surface area contributed by atoms with Crippen LogP contribution < -0.4 is 10.1 Å². The molecule has 0 aromatic heterocycles. The van der Waals surface area contributed by atoms with Crippen molar-refractivity contribution in [3.05, 3.63) is 28.2 Å². The Kier molecular flexibility index (Phi) is 6.71. The van der Waals surface area contributed by atoms with Crippen LogP contribution in [0.4, 0.5) is 0 Å². The number of hydrogen-bond donors (Lipinski definition) is 1. The third kappa shape index (κ3) is 5.62. The van der Waals surface area contributed by atoms with Gasteiger partial charge in [0.2, 0.25) is 0 Å². The van der Waals surface area contributed by atoms with Crippen molar-refractivity contribution in [1.82, 2.24) is 5.32 Å². The molecule has 1 unspecified atom stereocenters. The third-order valence-electron chi connectivity index (χ3n) is 2.34. The highest BCUT2D eigenvalue weighted by atomic mass is 35.5. The maximum Gasteiger partial charge on any atom is 0.137 e. The van der Waals surface area contributed by atoms with E-state index in [0.29, 0.717) is 28.3 Å². The van der Waals surface area contributed by atoms with Crippen molar-refractivity contribution >= 4 is 23.2 Å². The number of hydrogen-bond acceptors (Lipinski definition) is 2. The van der Waals surface area contributed by atoms with E-state index in [0.717, 1.165) is 19.5 Å². The molecule has 2 nitrogen and oxygen atoms in total. The molecule has 1 aromatic rings. The van der Waals surface area contributed by atoms with E-state index in [4.69, 9.17) is 27.9 Å². The van der Waals surface area contributed by atoms with E-state index in [1.807, 2.05) is 0 Å². The van der Waals surface area contributed by atoms with Gasteiger partial charge >= 0.3 is 0 Å². The van der Waals surface area contributed by atoms with Crippen molar-refractivity contribution < 1.29 is 4.74 Å². The molecule has 96 valence electrons. The number of nitrogens with one attached hydrogen (secondary N) is 1. The second-order valence-electron chi connectivity index (χ2n) is 4.20. The van der Waals surface area contributed by atoms with Crippen molar-refractivity contribution in [3.63, 3.8) is 0 Å². The average molecular weight is 276 g/mol. The van der Waals surface area contributed by atoms with Gasteiger partial charge in [0.15, 0.2) is 0 Å². The standard InChI is InChI=1S/C13H19Cl2NO/c1-3-6-16-8-10(2)9-17-13-5-4-11(14)7-12(13)15/h4-5,7,10,16H,3,6,8-9H2,1-2H3. The Labute approximate surface area is 113 Å². The summed E-state index contributed by atoms with van der Waals surface area (Å²) >= 11 is 11.8. The largest absolute Gasteiger partial charge is 0.492 e. The molecule has 17 heavy (non-hydrogen) atoms. The first kappa shape index (κ1) is 14.6. The molecule has 0 heterocycles. The first-order valence-corrected chi connectivity index (χ1v) is 6.67. The fourth-order valence-electron chi connectivity index (χ4n) is 1.41. The van der Waals surface area contributed by atoms with Crippen LogP contribution in [0.3, 0.4) is 0 Å². The lowest BCUT2D eigenvalue weighted by Gasteiger charge is -2.14. The maximum atomic E-state index is 6.01. The van der Waals surface area contributed by atoms with Crippen LogP contribution in [0.2, 0.25) is 10.0 Å². The minimum Gasteiger partial charge on any atom is -0.492 e. The summed E-state index contributed by atoms with van der Waals surface area (Å²) < 4.78 is 5.65. The maximum absolute atomic E-state index is 6.01. The summed E-state index contributed by atoms with van der Waals surface area (Å²) in [5.74, 6) is 1.15. The Hall–Kier alpha value is -0.440. The minimum atomic E-state index is 0.452. The highest BCUT2D eigenvalue weighted by molar-refractivity contribution is 6.35. The van der Waals surface area contributed by atoms with E-state index >= 15 is 0 Å². The first-order valence-electron chi connectivity index (χ1n) is 5.92. The van der Waals surface area contributed by atoms with Gasteiger partial charge in [-0.25, -0.2) is 0 Å². The molecule has 1 atom stereocenters. The van der Waals surface area contributed by atoms with Crippen LogP contribution in [-0.4, -0.2) is 19.7 Å². The monoisotopic (exact) mass is 275 g/mol. The van der Waals surface area contributed by atoms with Gasteiger partial charge in [-0.15, -0.1) is 0 Å². The Morgan fingerprint density at radius 2 is 2.12 bits per heavy atom. The lowest BCUT2D eigenvalue weighted by molar-refractivity contribution is 0.256. The molecule has 0 aliphatic carbocycles. The molecule has 0 aliphatic heterocycles. The van der Waals surface area contributed by atoms with E-state index in [-0.39, 0.29) is 0 Å². The fraction of sp³-hybridized carbons (Fsp3) is 0.538. The van der Waals surface area contributed by atoms with Gasteiger partial charge < -0.3 is 10.1 Å². The Morgan fingerprint density at radius 3 is 2.76 bits per heavy atom. The zero-order valence-electron chi connectivity index (χ0n) is 10.3. The highest BCUT2D eigenvalue weighted by Gasteiger charge is 2.06. The van der Waals surface area contributed by atoms with Crippen molar-refractivity contribution in [2.75, 3.05) is 19.7 Å². The predicted molar refractivity (Wildman–Crippen MR) is 74.3 cm³/mol. The van der Waals surface area contributed by atoms with E-state index in [2.05, 4.69) is 19.2 Å². The van der Waals surface area contributed by atoms with E-state index < -0.39 is 0 Å². The zero-order valence-corrected chi connectivity index (χ0v) is 11.8. The van der Waals surface area contributed by atoms with E-state index in [1.165, 1.54) is 0 Å². The smallest absolute Gasteiger partial charge is 0.137 e. The summed E-state index contributed by atoms with van der Waals surface area (Å²) in [4.78, 5) is 0. The van der Waals surface area contributed by atoms with Gasteiger partial charge in [-0.05, 0) is 31.2 Å². The molecule has 0 radical (unpaired) electrons. The number of halogens is 2. The Bertz CT molecular complexity index is 344. The molecule has 0 amide bonds. The molecular weight excluding hydrogens is 257 g/mol. The molecule has 0 saturated heterocycles. The van der Waals surface area contributed by atoms with Crippen LogP contribution in [0.25, 0.3) is 0 Å². The molecule has 1 aromatic carbocycles. The summed E-state index contributed by atoms with van der Waals surface area (Å²) in [6.45, 7) is 6.96. The molecule has 0 fully saturated rings. The molecule has 0 bridgehead atoms. The molecule has 0 spiro atoms. The van der Waals surface area contributed by atoms with Crippen molar-refractivity contribution in [3.8, 4) is 5.75 Å². The van der Waals surface area contributed by atoms with Gasteiger partial charge in [-0.3, -0.25) is 0 Å². The van der Waals surface area contributed by atoms with E-state index in [9.17, 15) is 0 Å². The van der Waals surface area contributed by atoms with Crippen LogP contribution in [0, 0.1) is 5.92 Å². The van der Waals surface area contributed by atoms with Crippen LogP contribution in [-0.2, 0) is 0 Å². The van der Waals surface area contributed by atoms with Gasteiger partial charge in [0, 0.05) is 17.5 Å². The van der Waals surface area contributed by atoms with Gasteiger partial charge in [-0.2, -0.15) is 0 Å². The topological polar surface area (TPSA) is 21.3 Å². The quantitative estimate of drug-likeness (QED) is 0.760. The summed E-state index contributed by atoms with van der Waals surface area (Å²) in [6, 6.07) is 5.28. The first-order chi connectivity index (χ1) is 8.13. The zero-order chi connectivity index (χ0) is 12.7. The number of benzene rings is 1. The van der Waals surface area contributed by atoms with Crippen molar-refractivity contribution in [1.29, 1.82) is 0 Å². The molecule has 1 N–H and O–H groups in total. The van der Waals surface area contributed by atoms with Crippen molar-refractivity contribution in [2.24, 2.45) is 5.92 Å². The Morgan fingerprint density at radius 1 is 1.35 bits per heavy atom. The van der Waals surface area contributed by atoms with Crippen LogP contribution in [0.15, 0.2) is 18.2 Å². The lowest BCUT2D eigenvalue weighted by atomic mass is 10.2. The molecular formula is C13H19Cl2NO. The van der Waals surface area contributed by atoms with Gasteiger partial charge in [0.05, 0.1) is 11.6 Å². The van der Waals surface area contributed by atoms with Crippen LogP contribution in [0.1, 0.15) is 20.3 Å². The molecule has 4 heteroatoms. The summed E-state index contributed by atoms with van der Waals surface area (Å²) in [5, 5.41) is 4.55. The molecule has 0 saturated carbocycles.